The van der Waals surface area contributed by atoms with E-state index in [0.29, 0.717) is 17.0 Å². The lowest BCUT2D eigenvalue weighted by Gasteiger charge is -2.17. The molecule has 3 nitrogen and oxygen atoms in total. The van der Waals surface area contributed by atoms with E-state index in [-0.39, 0.29) is 11.9 Å². The van der Waals surface area contributed by atoms with E-state index in [1.54, 1.807) is 12.3 Å². The van der Waals surface area contributed by atoms with Crippen LogP contribution in [0.3, 0.4) is 0 Å². The number of hydrogen-bond acceptors (Lipinski definition) is 3. The van der Waals surface area contributed by atoms with Gasteiger partial charge in [-0.15, -0.1) is 0 Å². The number of pyridine rings is 1. The van der Waals surface area contributed by atoms with Crippen molar-refractivity contribution in [1.29, 1.82) is 0 Å². The van der Waals surface area contributed by atoms with Gasteiger partial charge >= 0.3 is 0 Å². The summed E-state index contributed by atoms with van der Waals surface area (Å²) in [7, 11) is 0. The number of hydrogen-bond donors (Lipinski definition) is 2. The zero-order valence-corrected chi connectivity index (χ0v) is 12.2. The quantitative estimate of drug-likeness (QED) is 0.660. The van der Waals surface area contributed by atoms with Crippen molar-refractivity contribution in [3.05, 3.63) is 63.1 Å². The summed E-state index contributed by atoms with van der Waals surface area (Å²) >= 11 is 9.20. The van der Waals surface area contributed by atoms with Gasteiger partial charge in [0.2, 0.25) is 0 Å². The van der Waals surface area contributed by atoms with Gasteiger partial charge in [0.05, 0.1) is 6.04 Å². The molecule has 1 unspecified atom stereocenters. The molecule has 6 heteroatoms. The van der Waals surface area contributed by atoms with Crippen LogP contribution in [0, 0.1) is 5.82 Å². The van der Waals surface area contributed by atoms with Gasteiger partial charge in [-0.3, -0.25) is 16.3 Å². The van der Waals surface area contributed by atoms with E-state index in [0.717, 1.165) is 10.2 Å². The van der Waals surface area contributed by atoms with E-state index in [4.69, 9.17) is 17.4 Å². The molecule has 1 aromatic carbocycles. The van der Waals surface area contributed by atoms with E-state index < -0.39 is 0 Å². The second-order valence-corrected chi connectivity index (χ2v) is 5.41. The van der Waals surface area contributed by atoms with Crippen molar-refractivity contribution >= 4 is 27.5 Å². The van der Waals surface area contributed by atoms with E-state index in [1.807, 2.05) is 12.1 Å². The molecular formula is C13H12BrClFN3. The molecule has 0 spiro atoms. The van der Waals surface area contributed by atoms with Gasteiger partial charge in [0.1, 0.15) is 5.82 Å². The average Bonchev–Trinajstić information content (AvgIpc) is 2.41. The summed E-state index contributed by atoms with van der Waals surface area (Å²) in [6, 6.07) is 7.76. The minimum Gasteiger partial charge on any atom is -0.271 e. The van der Waals surface area contributed by atoms with Gasteiger partial charge in [0.25, 0.3) is 0 Å². The molecule has 2 rings (SSSR count). The fourth-order valence-electron chi connectivity index (χ4n) is 1.78. The maximum atomic E-state index is 13.8. The molecule has 100 valence electrons. The number of nitrogens with two attached hydrogens (primary N) is 1. The van der Waals surface area contributed by atoms with Gasteiger partial charge < -0.3 is 0 Å². The summed E-state index contributed by atoms with van der Waals surface area (Å²) in [4.78, 5) is 4.25. The van der Waals surface area contributed by atoms with Crippen LogP contribution < -0.4 is 11.3 Å². The number of benzene rings is 1. The molecule has 1 atom stereocenters. The lowest BCUT2D eigenvalue weighted by molar-refractivity contribution is 0.507. The zero-order valence-electron chi connectivity index (χ0n) is 9.91. The number of rotatable bonds is 4. The highest BCUT2D eigenvalue weighted by Crippen LogP contribution is 2.23. The van der Waals surface area contributed by atoms with Crippen molar-refractivity contribution < 1.29 is 4.39 Å². The molecule has 0 radical (unpaired) electrons. The molecule has 0 aliphatic carbocycles. The van der Waals surface area contributed by atoms with Crippen LogP contribution in [-0.4, -0.2) is 4.98 Å². The predicted octanol–water partition coefficient (Wildman–Crippen LogP) is 3.38. The number of hydrazine groups is 1. The molecule has 1 heterocycles. The average molecular weight is 345 g/mol. The number of halogens is 3. The Morgan fingerprint density at radius 3 is 2.79 bits per heavy atom. The van der Waals surface area contributed by atoms with Crippen molar-refractivity contribution in [1.82, 2.24) is 10.4 Å². The molecule has 1 aromatic heterocycles. The molecule has 2 aromatic rings. The molecule has 19 heavy (non-hydrogen) atoms. The van der Waals surface area contributed by atoms with Gasteiger partial charge in [0.15, 0.2) is 0 Å². The molecule has 0 aliphatic rings. The fraction of sp³-hybridized carbons (Fsp3) is 0.154. The van der Waals surface area contributed by atoms with Crippen LogP contribution in [-0.2, 0) is 6.42 Å². The van der Waals surface area contributed by atoms with Crippen LogP contribution in [0.2, 0.25) is 5.02 Å². The van der Waals surface area contributed by atoms with E-state index in [1.165, 1.54) is 12.1 Å². The minimum atomic E-state index is -0.382. The Hall–Kier alpha value is -1.01. The van der Waals surface area contributed by atoms with Gasteiger partial charge in [-0.05, 0) is 46.3 Å². The van der Waals surface area contributed by atoms with E-state index >= 15 is 0 Å². The Bertz CT molecular complexity index is 562. The Kier molecular flexibility index (Phi) is 4.87. The number of nitrogens with one attached hydrogen (secondary N) is 1. The minimum absolute atomic E-state index is 0.343. The topological polar surface area (TPSA) is 50.9 Å². The first-order valence-corrected chi connectivity index (χ1v) is 6.78. The third-order valence-corrected chi connectivity index (χ3v) is 3.44. The van der Waals surface area contributed by atoms with E-state index in [9.17, 15) is 4.39 Å². The van der Waals surface area contributed by atoms with Crippen LogP contribution in [0.5, 0.6) is 0 Å². The predicted molar refractivity (Wildman–Crippen MR) is 77.1 cm³/mol. The first-order valence-electron chi connectivity index (χ1n) is 5.61. The molecule has 0 saturated heterocycles. The molecule has 0 fully saturated rings. The Balaban J connectivity index is 2.24. The second-order valence-electron chi connectivity index (χ2n) is 4.06. The summed E-state index contributed by atoms with van der Waals surface area (Å²) in [6.07, 6.45) is 2.16. The molecule has 0 bridgehead atoms. The summed E-state index contributed by atoms with van der Waals surface area (Å²) in [5, 5.41) is 0.473. The van der Waals surface area contributed by atoms with Gasteiger partial charge in [-0.1, -0.05) is 11.6 Å². The molecular weight excluding hydrogens is 333 g/mol. The third kappa shape index (κ3) is 3.73. The summed E-state index contributed by atoms with van der Waals surface area (Å²) in [6.45, 7) is 0. The normalized spacial score (nSPS) is 12.4. The molecule has 0 amide bonds. The van der Waals surface area contributed by atoms with Crippen LogP contribution in [0.15, 0.2) is 41.0 Å². The lowest BCUT2D eigenvalue weighted by atomic mass is 10.0. The molecule has 3 N–H and O–H groups in total. The fourth-order valence-corrected chi connectivity index (χ4v) is 2.19. The SMILES string of the molecule is NNC(Cc1ccc(Br)cn1)c1cc(Cl)ccc1F. The summed E-state index contributed by atoms with van der Waals surface area (Å²) < 4.78 is 14.7. The smallest absolute Gasteiger partial charge is 0.128 e. The van der Waals surface area contributed by atoms with Gasteiger partial charge in [-0.25, -0.2) is 4.39 Å². The van der Waals surface area contributed by atoms with Crippen molar-refractivity contribution in [3.8, 4) is 0 Å². The third-order valence-electron chi connectivity index (χ3n) is 2.74. The number of nitrogens with zero attached hydrogens (tertiary/aromatic N) is 1. The van der Waals surface area contributed by atoms with Gasteiger partial charge in [-0.2, -0.15) is 0 Å². The van der Waals surface area contributed by atoms with Crippen molar-refractivity contribution in [2.45, 2.75) is 12.5 Å². The van der Waals surface area contributed by atoms with Crippen molar-refractivity contribution in [3.63, 3.8) is 0 Å². The first-order chi connectivity index (χ1) is 9.10. The highest BCUT2D eigenvalue weighted by molar-refractivity contribution is 9.10. The Morgan fingerprint density at radius 1 is 1.37 bits per heavy atom. The van der Waals surface area contributed by atoms with Crippen molar-refractivity contribution in [2.24, 2.45) is 5.84 Å². The standard InChI is InChI=1S/C13H12BrClFN3/c14-8-1-3-10(18-7-8)6-13(19-17)11-5-9(15)2-4-12(11)16/h1-5,7,13,19H,6,17H2. The largest absolute Gasteiger partial charge is 0.271 e. The monoisotopic (exact) mass is 343 g/mol. The maximum Gasteiger partial charge on any atom is 0.128 e. The van der Waals surface area contributed by atoms with Crippen molar-refractivity contribution in [2.75, 3.05) is 0 Å². The summed E-state index contributed by atoms with van der Waals surface area (Å²) in [5.41, 5.74) is 3.84. The lowest BCUT2D eigenvalue weighted by Crippen LogP contribution is -2.30. The zero-order chi connectivity index (χ0) is 13.8. The molecule has 0 saturated carbocycles. The molecule has 0 aliphatic heterocycles. The highest BCUT2D eigenvalue weighted by Gasteiger charge is 2.16. The van der Waals surface area contributed by atoms with Crippen LogP contribution >= 0.6 is 27.5 Å². The van der Waals surface area contributed by atoms with Gasteiger partial charge in [0, 0.05) is 33.4 Å². The number of aromatic nitrogens is 1. The van der Waals surface area contributed by atoms with Crippen LogP contribution in [0.4, 0.5) is 4.39 Å². The second kappa shape index (κ2) is 6.43. The summed E-state index contributed by atoms with van der Waals surface area (Å²) in [5.74, 6) is 5.16. The van der Waals surface area contributed by atoms with Crippen LogP contribution in [0.25, 0.3) is 0 Å². The van der Waals surface area contributed by atoms with E-state index in [2.05, 4.69) is 26.3 Å². The van der Waals surface area contributed by atoms with Crippen LogP contribution in [0.1, 0.15) is 17.3 Å². The highest BCUT2D eigenvalue weighted by atomic mass is 79.9. The Morgan fingerprint density at radius 2 is 2.16 bits per heavy atom. The Labute approximate surface area is 124 Å². The first kappa shape index (κ1) is 14.4. The maximum absolute atomic E-state index is 13.8.